The lowest BCUT2D eigenvalue weighted by atomic mass is 10.1. The van der Waals surface area contributed by atoms with Crippen LogP contribution in [0.4, 0.5) is 13.2 Å². The molecule has 0 aliphatic heterocycles. The Balaban J connectivity index is 1.94. The number of amides is 1. The molecule has 1 amide bonds. The second-order valence-electron chi connectivity index (χ2n) is 5.65. The highest BCUT2D eigenvalue weighted by Gasteiger charge is 2.49. The number of hydrogen-bond donors (Lipinski definition) is 1. The summed E-state index contributed by atoms with van der Waals surface area (Å²) in [4.78, 5) is 20.4. The normalized spacial score (nSPS) is 16.8. The van der Waals surface area contributed by atoms with Gasteiger partial charge in [0, 0.05) is 18.1 Å². The number of fused-ring (bicyclic) bond motifs is 1. The molecule has 0 spiro atoms. The van der Waals surface area contributed by atoms with Crippen molar-refractivity contribution in [3.63, 3.8) is 0 Å². The second kappa shape index (κ2) is 4.96. The molecule has 5 nitrogen and oxygen atoms in total. The molecule has 2 heterocycles. The van der Waals surface area contributed by atoms with Crippen LogP contribution in [0, 0.1) is 19.8 Å². The van der Waals surface area contributed by atoms with Gasteiger partial charge >= 0.3 is 6.18 Å². The summed E-state index contributed by atoms with van der Waals surface area (Å²) in [6, 6.07) is -1.82. The number of nitrogens with zero attached hydrogens (tertiary/aromatic N) is 3. The highest BCUT2D eigenvalue weighted by molar-refractivity contribution is 5.98. The third kappa shape index (κ3) is 2.65. The van der Waals surface area contributed by atoms with Crippen molar-refractivity contribution in [2.45, 2.75) is 38.9 Å². The summed E-state index contributed by atoms with van der Waals surface area (Å²) in [6.45, 7) is 3.53. The van der Waals surface area contributed by atoms with Crippen LogP contribution in [0.5, 0.6) is 0 Å². The van der Waals surface area contributed by atoms with Gasteiger partial charge in [-0.25, -0.2) is 9.97 Å². The molecule has 1 aliphatic rings. The Kier molecular flexibility index (Phi) is 3.34. The largest absolute Gasteiger partial charge is 0.408 e. The Labute approximate surface area is 124 Å². The number of imidazole rings is 1. The van der Waals surface area contributed by atoms with E-state index in [-0.39, 0.29) is 11.3 Å². The van der Waals surface area contributed by atoms with Gasteiger partial charge in [-0.1, -0.05) is 0 Å². The van der Waals surface area contributed by atoms with E-state index in [1.54, 1.807) is 24.4 Å². The van der Waals surface area contributed by atoms with Gasteiger partial charge in [0.05, 0.1) is 5.69 Å². The first-order valence-corrected chi connectivity index (χ1v) is 6.96. The minimum atomic E-state index is -4.46. The van der Waals surface area contributed by atoms with Gasteiger partial charge in [0.25, 0.3) is 5.91 Å². The smallest absolute Gasteiger partial charge is 0.339 e. The molecule has 1 saturated carbocycles. The molecular weight excluding hydrogens is 297 g/mol. The van der Waals surface area contributed by atoms with Gasteiger partial charge in [0.15, 0.2) is 11.3 Å². The van der Waals surface area contributed by atoms with Gasteiger partial charge < -0.3 is 9.72 Å². The topological polar surface area (TPSA) is 59.3 Å². The zero-order chi connectivity index (χ0) is 16.1. The van der Waals surface area contributed by atoms with Crippen LogP contribution in [0.3, 0.4) is 0 Å². The molecule has 2 aromatic heterocycles. The van der Waals surface area contributed by atoms with Crippen LogP contribution < -0.4 is 5.32 Å². The summed E-state index contributed by atoms with van der Waals surface area (Å²) >= 11 is 0. The summed E-state index contributed by atoms with van der Waals surface area (Å²) < 4.78 is 40.7. The Bertz CT molecular complexity index is 733. The highest BCUT2D eigenvalue weighted by atomic mass is 19.4. The minimum Gasteiger partial charge on any atom is -0.339 e. The Hall–Kier alpha value is -2.12. The van der Waals surface area contributed by atoms with Crippen LogP contribution in [-0.4, -0.2) is 32.5 Å². The summed E-state index contributed by atoms with van der Waals surface area (Å²) in [6.07, 6.45) is -0.343. The summed E-state index contributed by atoms with van der Waals surface area (Å²) in [5.41, 5.74) is 1.60. The van der Waals surface area contributed by atoms with E-state index in [0.29, 0.717) is 18.5 Å². The van der Waals surface area contributed by atoms with Crippen LogP contribution in [0.15, 0.2) is 12.4 Å². The third-order valence-electron chi connectivity index (χ3n) is 3.75. The predicted molar refractivity (Wildman–Crippen MR) is 72.5 cm³/mol. The molecule has 1 fully saturated rings. The van der Waals surface area contributed by atoms with Gasteiger partial charge in [0.2, 0.25) is 0 Å². The number of aryl methyl sites for hydroxylation is 2. The molecule has 0 radical (unpaired) electrons. The molecule has 3 rings (SSSR count). The molecular formula is C14H15F3N4O. The van der Waals surface area contributed by atoms with Gasteiger partial charge in [-0.05, 0) is 32.6 Å². The number of hydrogen-bond acceptors (Lipinski definition) is 3. The molecule has 0 aromatic carbocycles. The highest BCUT2D eigenvalue weighted by Crippen LogP contribution is 2.40. The van der Waals surface area contributed by atoms with Crippen molar-refractivity contribution in [2.24, 2.45) is 5.92 Å². The molecule has 8 heteroatoms. The summed E-state index contributed by atoms with van der Waals surface area (Å²) in [7, 11) is 0. The van der Waals surface area contributed by atoms with Crippen molar-refractivity contribution in [3.8, 4) is 0 Å². The fourth-order valence-electron chi connectivity index (χ4n) is 2.48. The lowest BCUT2D eigenvalue weighted by Crippen LogP contribution is -2.47. The number of aromatic nitrogens is 3. The van der Waals surface area contributed by atoms with E-state index >= 15 is 0 Å². The first-order valence-electron chi connectivity index (χ1n) is 6.96. The molecule has 0 saturated heterocycles. The number of carbonyl (C=O) groups is 1. The maximum Gasteiger partial charge on any atom is 0.408 e. The van der Waals surface area contributed by atoms with Crippen molar-refractivity contribution < 1.29 is 18.0 Å². The molecule has 1 atom stereocenters. The first-order chi connectivity index (χ1) is 10.3. The van der Waals surface area contributed by atoms with Crippen molar-refractivity contribution in [2.75, 3.05) is 0 Å². The lowest BCUT2D eigenvalue weighted by molar-refractivity contribution is -0.158. The average molecular weight is 312 g/mol. The zero-order valence-electron chi connectivity index (χ0n) is 12.1. The molecule has 1 unspecified atom stereocenters. The zero-order valence-corrected chi connectivity index (χ0v) is 12.1. The number of alkyl halides is 3. The average Bonchev–Trinajstić information content (AvgIpc) is 3.16. The van der Waals surface area contributed by atoms with E-state index in [4.69, 9.17) is 0 Å². The lowest BCUT2D eigenvalue weighted by Gasteiger charge is -2.21. The molecule has 22 heavy (non-hydrogen) atoms. The Morgan fingerprint density at radius 1 is 1.41 bits per heavy atom. The van der Waals surface area contributed by atoms with Gasteiger partial charge in [-0.3, -0.25) is 4.79 Å². The Morgan fingerprint density at radius 3 is 2.68 bits per heavy atom. The molecule has 1 aliphatic carbocycles. The minimum absolute atomic E-state index is 0.0893. The first kappa shape index (κ1) is 14.8. The molecule has 118 valence electrons. The monoisotopic (exact) mass is 312 g/mol. The van der Waals surface area contributed by atoms with E-state index in [1.807, 2.05) is 0 Å². The van der Waals surface area contributed by atoms with E-state index in [1.165, 1.54) is 6.20 Å². The fraction of sp³-hybridized carbons (Fsp3) is 0.500. The fourth-order valence-corrected chi connectivity index (χ4v) is 2.48. The van der Waals surface area contributed by atoms with Crippen LogP contribution in [0.1, 0.15) is 34.7 Å². The van der Waals surface area contributed by atoms with Crippen LogP contribution in [-0.2, 0) is 0 Å². The quantitative estimate of drug-likeness (QED) is 0.947. The number of rotatable bonds is 3. The van der Waals surface area contributed by atoms with Crippen molar-refractivity contribution in [1.29, 1.82) is 0 Å². The standard InChI is InChI=1S/C14H15F3N4O/c1-7-6-21-8(2)5-18-10(12(21)19-7)13(22)20-11(9-3-4-9)14(15,16)17/h5-6,9,11H,3-4H2,1-2H3,(H,20,22). The van der Waals surface area contributed by atoms with Gasteiger partial charge in [-0.2, -0.15) is 13.2 Å². The number of carbonyl (C=O) groups excluding carboxylic acids is 1. The van der Waals surface area contributed by atoms with Crippen molar-refractivity contribution in [3.05, 3.63) is 29.5 Å². The SMILES string of the molecule is Cc1cn2c(C)cnc(C(=O)NC(C3CC3)C(F)(F)F)c2n1. The maximum atomic E-state index is 13.0. The van der Waals surface area contributed by atoms with E-state index in [9.17, 15) is 18.0 Å². The van der Waals surface area contributed by atoms with E-state index in [2.05, 4.69) is 15.3 Å². The van der Waals surface area contributed by atoms with Crippen molar-refractivity contribution >= 4 is 11.6 Å². The third-order valence-corrected chi connectivity index (χ3v) is 3.75. The Morgan fingerprint density at radius 2 is 2.09 bits per heavy atom. The maximum absolute atomic E-state index is 13.0. The van der Waals surface area contributed by atoms with E-state index < -0.39 is 24.0 Å². The van der Waals surface area contributed by atoms with Gasteiger partial charge in [-0.15, -0.1) is 0 Å². The summed E-state index contributed by atoms with van der Waals surface area (Å²) in [5, 5.41) is 2.08. The molecule has 2 aromatic rings. The number of nitrogens with one attached hydrogen (secondary N) is 1. The van der Waals surface area contributed by atoms with Crippen LogP contribution in [0.25, 0.3) is 5.65 Å². The second-order valence-corrected chi connectivity index (χ2v) is 5.65. The number of halogens is 3. The van der Waals surface area contributed by atoms with Crippen LogP contribution in [0.2, 0.25) is 0 Å². The molecule has 0 bridgehead atoms. The van der Waals surface area contributed by atoms with Gasteiger partial charge in [0.1, 0.15) is 6.04 Å². The predicted octanol–water partition coefficient (Wildman–Crippen LogP) is 2.42. The van der Waals surface area contributed by atoms with Crippen LogP contribution >= 0.6 is 0 Å². The molecule has 1 N–H and O–H groups in total. The summed E-state index contributed by atoms with van der Waals surface area (Å²) in [5.74, 6) is -1.38. The van der Waals surface area contributed by atoms with Crippen molar-refractivity contribution in [1.82, 2.24) is 19.7 Å². The van der Waals surface area contributed by atoms with E-state index in [0.717, 1.165) is 5.69 Å².